The first-order chi connectivity index (χ1) is 14.4. The van der Waals surface area contributed by atoms with Crippen LogP contribution < -0.4 is 5.73 Å². The minimum absolute atomic E-state index is 0.0340. The molecule has 4 atom stereocenters. The van der Waals surface area contributed by atoms with E-state index in [1.807, 2.05) is 0 Å². The van der Waals surface area contributed by atoms with Gasteiger partial charge in [0.1, 0.15) is 22.8 Å². The molecular formula is C21H23N3O7. The summed E-state index contributed by atoms with van der Waals surface area (Å²) in [4.78, 5) is 43.9. The highest BCUT2D eigenvalue weighted by molar-refractivity contribution is 6.24. The molecule has 6 N–H and O–H groups in total. The van der Waals surface area contributed by atoms with E-state index < -0.39 is 58.0 Å². The van der Waals surface area contributed by atoms with E-state index in [0.29, 0.717) is 11.3 Å². The van der Waals surface area contributed by atoms with Crippen LogP contribution in [0.15, 0.2) is 28.9 Å². The van der Waals surface area contributed by atoms with Crippen molar-refractivity contribution in [3.63, 3.8) is 0 Å². The van der Waals surface area contributed by atoms with Crippen molar-refractivity contribution in [1.82, 2.24) is 9.88 Å². The average molecular weight is 429 g/mol. The molecule has 3 aliphatic rings. The molecule has 0 aliphatic heterocycles. The minimum atomic E-state index is -2.62. The zero-order chi connectivity index (χ0) is 23.0. The Morgan fingerprint density at radius 1 is 1.26 bits per heavy atom. The number of nitrogens with two attached hydrogens (primary N) is 1. The second-order valence-electron chi connectivity index (χ2n) is 8.55. The third kappa shape index (κ3) is 2.58. The van der Waals surface area contributed by atoms with Gasteiger partial charge in [0.05, 0.1) is 17.8 Å². The summed E-state index contributed by atoms with van der Waals surface area (Å²) in [5, 5.41) is 43.4. The van der Waals surface area contributed by atoms with Crippen molar-refractivity contribution in [2.24, 2.45) is 17.6 Å². The Labute approximate surface area is 177 Å². The Bertz CT molecular complexity index is 1120. The highest BCUT2D eigenvalue weighted by Crippen LogP contribution is 2.52. The number of pyridine rings is 1. The molecule has 10 heteroatoms. The van der Waals surface area contributed by atoms with Crippen molar-refractivity contribution < 1.29 is 34.8 Å². The number of aromatic hydroxyl groups is 1. The predicted molar refractivity (Wildman–Crippen MR) is 106 cm³/mol. The van der Waals surface area contributed by atoms with Gasteiger partial charge in [-0.25, -0.2) is 0 Å². The summed E-state index contributed by atoms with van der Waals surface area (Å²) in [6.07, 6.45) is 1.42. The number of primary amides is 1. The van der Waals surface area contributed by atoms with Crippen LogP contribution in [0.4, 0.5) is 0 Å². The number of hydrogen-bond donors (Lipinski definition) is 5. The number of ketones is 2. The standard InChI is InChI=1S/C21H23N3O7/c1-7-9-4-8-5-10-15(24(2)3)17(27)14(20(22)30)19(29)21(10,31)18(28)12(8)16(26)13(9)11(25)6-23-7/h6,8,10,15,25,27-28,31H,4-5H2,1-3H3,(H2,22,30)/t8-,10-,15-,21-/m0/s1. The number of aryl methyl sites for hydroxylation is 1. The molecular weight excluding hydrogens is 406 g/mol. The second kappa shape index (κ2) is 6.63. The zero-order valence-corrected chi connectivity index (χ0v) is 17.2. The Morgan fingerprint density at radius 2 is 1.90 bits per heavy atom. The van der Waals surface area contributed by atoms with Crippen molar-refractivity contribution in [3.8, 4) is 5.75 Å². The van der Waals surface area contributed by atoms with Crippen LogP contribution >= 0.6 is 0 Å². The number of carbonyl (C=O) groups excluding carboxylic acids is 3. The number of amides is 1. The predicted octanol–water partition coefficient (Wildman–Crippen LogP) is -0.176. The van der Waals surface area contributed by atoms with Crippen LogP contribution in [-0.4, -0.2) is 73.5 Å². The van der Waals surface area contributed by atoms with Gasteiger partial charge in [-0.1, -0.05) is 0 Å². The van der Waals surface area contributed by atoms with Crippen LogP contribution in [0.5, 0.6) is 5.75 Å². The molecule has 0 spiro atoms. The van der Waals surface area contributed by atoms with Gasteiger partial charge >= 0.3 is 0 Å². The number of aliphatic hydroxyl groups is 3. The molecule has 4 rings (SSSR count). The number of nitrogens with zero attached hydrogens (tertiary/aromatic N) is 2. The third-order valence-electron chi connectivity index (χ3n) is 6.69. The number of aromatic nitrogens is 1. The molecule has 1 aromatic heterocycles. The number of rotatable bonds is 2. The molecule has 1 aromatic rings. The molecule has 1 heterocycles. The summed E-state index contributed by atoms with van der Waals surface area (Å²) in [7, 11) is 3.17. The van der Waals surface area contributed by atoms with E-state index in [9.17, 15) is 34.8 Å². The molecule has 0 radical (unpaired) electrons. The third-order valence-corrected chi connectivity index (χ3v) is 6.69. The summed E-state index contributed by atoms with van der Waals surface area (Å²) in [6, 6.07) is -1.01. The van der Waals surface area contributed by atoms with Crippen molar-refractivity contribution in [3.05, 3.63) is 45.7 Å². The van der Waals surface area contributed by atoms with Gasteiger partial charge in [-0.2, -0.15) is 0 Å². The fraction of sp³-hybridized carbons (Fsp3) is 0.429. The number of likely N-dealkylation sites (N-methyl/N-ethyl adjacent to an activating group) is 1. The number of hydrogen-bond acceptors (Lipinski definition) is 9. The van der Waals surface area contributed by atoms with Crippen LogP contribution in [0.25, 0.3) is 0 Å². The molecule has 0 bridgehead atoms. The lowest BCUT2D eigenvalue weighted by Crippen LogP contribution is -2.63. The number of fused-ring (bicyclic) bond motifs is 3. The smallest absolute Gasteiger partial charge is 0.255 e. The van der Waals surface area contributed by atoms with Gasteiger partial charge in [-0.15, -0.1) is 0 Å². The molecule has 164 valence electrons. The molecule has 31 heavy (non-hydrogen) atoms. The first-order valence-electron chi connectivity index (χ1n) is 9.75. The first-order valence-corrected chi connectivity index (χ1v) is 9.75. The Balaban J connectivity index is 1.98. The lowest BCUT2D eigenvalue weighted by Gasteiger charge is -2.50. The normalized spacial score (nSPS) is 30.3. The quantitative estimate of drug-likeness (QED) is 0.400. The largest absolute Gasteiger partial charge is 0.510 e. The van der Waals surface area contributed by atoms with Gasteiger partial charge in [-0.3, -0.25) is 24.3 Å². The highest BCUT2D eigenvalue weighted by Gasteiger charge is 2.63. The van der Waals surface area contributed by atoms with Crippen molar-refractivity contribution in [1.29, 1.82) is 0 Å². The molecule has 1 amide bonds. The van der Waals surface area contributed by atoms with E-state index in [2.05, 4.69) is 4.98 Å². The molecule has 0 fully saturated rings. The lowest BCUT2D eigenvalue weighted by molar-refractivity contribution is -0.148. The Hall–Kier alpha value is -3.24. The molecule has 10 nitrogen and oxygen atoms in total. The molecule has 0 saturated heterocycles. The first kappa shape index (κ1) is 21.0. The molecule has 3 aliphatic carbocycles. The van der Waals surface area contributed by atoms with E-state index in [0.717, 1.165) is 6.20 Å². The van der Waals surface area contributed by atoms with Gasteiger partial charge < -0.3 is 26.2 Å². The van der Waals surface area contributed by atoms with Gasteiger partial charge in [0.2, 0.25) is 5.78 Å². The maximum Gasteiger partial charge on any atom is 0.255 e. The van der Waals surface area contributed by atoms with Crippen LogP contribution in [-0.2, 0) is 16.0 Å². The molecule has 0 aromatic carbocycles. The summed E-state index contributed by atoms with van der Waals surface area (Å²) < 4.78 is 0. The van der Waals surface area contributed by atoms with Crippen LogP contribution in [0, 0.1) is 18.8 Å². The fourth-order valence-electron chi connectivity index (χ4n) is 5.29. The van der Waals surface area contributed by atoms with Gasteiger partial charge in [0.15, 0.2) is 11.4 Å². The van der Waals surface area contributed by atoms with Crippen molar-refractivity contribution >= 4 is 17.5 Å². The maximum absolute atomic E-state index is 13.3. The van der Waals surface area contributed by atoms with Gasteiger partial charge in [0.25, 0.3) is 5.91 Å². The lowest BCUT2D eigenvalue weighted by atomic mass is 9.58. The highest BCUT2D eigenvalue weighted by atomic mass is 16.3. The molecule has 0 unspecified atom stereocenters. The summed E-state index contributed by atoms with van der Waals surface area (Å²) >= 11 is 0. The van der Waals surface area contributed by atoms with Crippen LogP contribution in [0.3, 0.4) is 0 Å². The van der Waals surface area contributed by atoms with Crippen molar-refractivity contribution in [2.45, 2.75) is 31.4 Å². The summed E-state index contributed by atoms with van der Waals surface area (Å²) in [6.45, 7) is 1.69. The molecule has 0 saturated carbocycles. The van der Waals surface area contributed by atoms with E-state index >= 15 is 0 Å². The van der Waals surface area contributed by atoms with Crippen molar-refractivity contribution in [2.75, 3.05) is 14.1 Å². The summed E-state index contributed by atoms with van der Waals surface area (Å²) in [5.41, 5.74) is 2.70. The zero-order valence-electron chi connectivity index (χ0n) is 17.2. The topological polar surface area (TPSA) is 174 Å². The number of allylic oxidation sites excluding steroid dienone is 1. The Morgan fingerprint density at radius 3 is 2.48 bits per heavy atom. The van der Waals surface area contributed by atoms with Crippen LogP contribution in [0.1, 0.15) is 28.0 Å². The Kier molecular flexibility index (Phi) is 4.49. The minimum Gasteiger partial charge on any atom is -0.510 e. The van der Waals surface area contributed by atoms with Gasteiger partial charge in [-0.05, 0) is 45.3 Å². The SMILES string of the molecule is Cc1ncc(O)c2c1C[C@H]1C[C@H]3[C@H](N(C)C)C(O)=C(C(N)=O)C(=O)[C@@]3(O)C(O)=C1C2=O. The second-order valence-corrected chi connectivity index (χ2v) is 8.55. The van der Waals surface area contributed by atoms with Crippen LogP contribution in [0.2, 0.25) is 0 Å². The monoisotopic (exact) mass is 429 g/mol. The number of aliphatic hydroxyl groups excluding tert-OH is 2. The van der Waals surface area contributed by atoms with E-state index in [4.69, 9.17) is 5.73 Å². The maximum atomic E-state index is 13.3. The van der Waals surface area contributed by atoms with E-state index in [-0.39, 0.29) is 29.7 Å². The van der Waals surface area contributed by atoms with E-state index in [1.54, 1.807) is 21.0 Å². The number of Topliss-reactive ketones (excluding diaryl/α,β-unsaturated/α-hetero) is 2. The van der Waals surface area contributed by atoms with E-state index in [1.165, 1.54) is 4.90 Å². The number of carbonyl (C=O) groups is 3. The van der Waals surface area contributed by atoms with Gasteiger partial charge in [0, 0.05) is 17.2 Å². The average Bonchev–Trinajstić information content (AvgIpc) is 2.67. The summed E-state index contributed by atoms with van der Waals surface area (Å²) in [5.74, 6) is -6.67. The fourth-order valence-corrected chi connectivity index (χ4v) is 5.29.